The highest BCUT2D eigenvalue weighted by molar-refractivity contribution is 5.40. The van der Waals surface area contributed by atoms with E-state index in [4.69, 9.17) is 0 Å². The molecule has 3 bridgehead atoms. The molecule has 0 aromatic rings. The zero-order valence-corrected chi connectivity index (χ0v) is 14.5. The minimum atomic E-state index is 0.572. The molecule has 10 atom stereocenters. The van der Waals surface area contributed by atoms with E-state index in [1.54, 1.807) is 12.8 Å². The predicted molar refractivity (Wildman–Crippen MR) is 83.1 cm³/mol. The Balaban J connectivity index is 1.81. The van der Waals surface area contributed by atoms with Crippen LogP contribution in [0.5, 0.6) is 0 Å². The van der Waals surface area contributed by atoms with Crippen molar-refractivity contribution in [1.82, 2.24) is 0 Å². The van der Waals surface area contributed by atoms with Crippen LogP contribution in [-0.2, 0) is 0 Å². The van der Waals surface area contributed by atoms with Gasteiger partial charge in [-0.1, -0.05) is 48.5 Å². The first-order valence-electron chi connectivity index (χ1n) is 9.21. The fourth-order valence-electron chi connectivity index (χ4n) is 10.4. The Morgan fingerprint density at radius 1 is 0.750 bits per heavy atom. The van der Waals surface area contributed by atoms with Crippen LogP contribution in [0, 0.1) is 63.1 Å². The lowest BCUT2D eigenvalue weighted by molar-refractivity contribution is -0.381. The van der Waals surface area contributed by atoms with E-state index in [0.717, 1.165) is 52.3 Å². The molecule has 5 saturated carbocycles. The fraction of sp³-hybridized carbons (Fsp3) is 1.00. The molecule has 5 aliphatic rings. The fourth-order valence-corrected chi connectivity index (χ4v) is 10.4. The van der Waals surface area contributed by atoms with Crippen LogP contribution >= 0.6 is 0 Å². The molecule has 0 N–H and O–H groups in total. The molecule has 0 heterocycles. The molecule has 5 aliphatic carbocycles. The van der Waals surface area contributed by atoms with Crippen molar-refractivity contribution in [1.29, 1.82) is 0 Å². The van der Waals surface area contributed by atoms with Crippen molar-refractivity contribution in [3.63, 3.8) is 0 Å². The molecule has 0 heteroatoms. The first kappa shape index (κ1) is 12.5. The van der Waals surface area contributed by atoms with E-state index in [9.17, 15) is 0 Å². The van der Waals surface area contributed by atoms with Gasteiger partial charge >= 0.3 is 0 Å². The minimum absolute atomic E-state index is 0.572. The average molecular weight is 272 g/mol. The van der Waals surface area contributed by atoms with Crippen LogP contribution in [0.25, 0.3) is 0 Å². The van der Waals surface area contributed by atoms with Crippen LogP contribution in [0.15, 0.2) is 0 Å². The molecule has 5 rings (SSSR count). The van der Waals surface area contributed by atoms with Gasteiger partial charge in [-0.25, -0.2) is 0 Å². The lowest BCUT2D eigenvalue weighted by Gasteiger charge is -2.85. The molecule has 5 fully saturated rings. The van der Waals surface area contributed by atoms with E-state index in [1.165, 1.54) is 0 Å². The van der Waals surface area contributed by atoms with Gasteiger partial charge < -0.3 is 0 Å². The average Bonchev–Trinajstić information content (AvgIpc) is 2.76. The number of hydrogen-bond donors (Lipinski definition) is 0. The van der Waals surface area contributed by atoms with Crippen molar-refractivity contribution >= 4 is 0 Å². The second-order valence-corrected chi connectivity index (χ2v) is 10.3. The third-order valence-electron chi connectivity index (χ3n) is 11.3. The molecular weight excluding hydrogens is 240 g/mol. The Hall–Kier alpha value is 0. The second kappa shape index (κ2) is 2.79. The third kappa shape index (κ3) is 0.687. The molecule has 2 spiro atoms. The van der Waals surface area contributed by atoms with Crippen LogP contribution in [-0.4, -0.2) is 0 Å². The highest BCUT2D eigenvalue weighted by atomic mass is 15.0. The molecule has 0 nitrogen and oxygen atoms in total. The highest BCUT2D eigenvalue weighted by Crippen LogP contribution is 2.98. The summed E-state index contributed by atoms with van der Waals surface area (Å²) >= 11 is 0. The van der Waals surface area contributed by atoms with Gasteiger partial charge in [0.15, 0.2) is 0 Å². The number of rotatable bonds is 0. The summed E-state index contributed by atoms with van der Waals surface area (Å²) in [6, 6.07) is 0. The van der Waals surface area contributed by atoms with Gasteiger partial charge in [-0.2, -0.15) is 0 Å². The summed E-state index contributed by atoms with van der Waals surface area (Å²) in [7, 11) is 0. The van der Waals surface area contributed by atoms with Crippen molar-refractivity contribution < 1.29 is 0 Å². The van der Waals surface area contributed by atoms with E-state index < -0.39 is 0 Å². The molecule has 0 amide bonds. The number of fused-ring (bicyclic) bond motifs is 1. The number of hydrogen-bond acceptors (Lipinski definition) is 0. The van der Waals surface area contributed by atoms with E-state index in [2.05, 4.69) is 48.5 Å². The smallest absolute Gasteiger partial charge is 0.0145 e. The summed E-state index contributed by atoms with van der Waals surface area (Å²) in [5, 5.41) is 0. The maximum atomic E-state index is 2.65. The van der Waals surface area contributed by atoms with Gasteiger partial charge in [0.2, 0.25) is 0 Å². The third-order valence-corrected chi connectivity index (χ3v) is 11.3. The Labute approximate surface area is 125 Å². The Kier molecular flexibility index (Phi) is 1.75. The summed E-state index contributed by atoms with van der Waals surface area (Å²) in [5.74, 6) is 7.00. The summed E-state index contributed by atoms with van der Waals surface area (Å²) < 4.78 is 0. The van der Waals surface area contributed by atoms with Crippen LogP contribution in [0.3, 0.4) is 0 Å². The lowest BCUT2D eigenvalue weighted by atomic mass is 9.19. The lowest BCUT2D eigenvalue weighted by Crippen LogP contribution is -2.81. The molecule has 0 aliphatic heterocycles. The van der Waals surface area contributed by atoms with E-state index in [1.807, 2.05) is 0 Å². The monoisotopic (exact) mass is 272 g/mol. The van der Waals surface area contributed by atoms with Gasteiger partial charge in [0, 0.05) is 0 Å². The SMILES string of the molecule is CC1C2C(C)C3(CC4C(C)C25C(C)C(C)C45C3)C1(C)C. The van der Waals surface area contributed by atoms with Gasteiger partial charge in [0.05, 0.1) is 0 Å². The minimum Gasteiger partial charge on any atom is -0.0617 e. The van der Waals surface area contributed by atoms with Gasteiger partial charge in [-0.05, 0) is 75.9 Å². The van der Waals surface area contributed by atoms with Gasteiger partial charge in [0.25, 0.3) is 0 Å². The van der Waals surface area contributed by atoms with Gasteiger partial charge in [-0.3, -0.25) is 0 Å². The van der Waals surface area contributed by atoms with Crippen molar-refractivity contribution in [3.8, 4) is 0 Å². The first-order chi connectivity index (χ1) is 9.21. The summed E-state index contributed by atoms with van der Waals surface area (Å²) in [6.45, 7) is 18.4. The normalized spacial score (nSPS) is 74.8. The molecule has 0 aromatic carbocycles. The molecule has 0 aromatic heterocycles. The quantitative estimate of drug-likeness (QED) is 0.566. The van der Waals surface area contributed by atoms with E-state index in [-0.39, 0.29) is 0 Å². The molecule has 20 heavy (non-hydrogen) atoms. The van der Waals surface area contributed by atoms with Gasteiger partial charge in [-0.15, -0.1) is 0 Å². The second-order valence-electron chi connectivity index (χ2n) is 10.3. The predicted octanol–water partition coefficient (Wildman–Crippen LogP) is 5.23. The maximum absolute atomic E-state index is 2.65. The Morgan fingerprint density at radius 2 is 1.40 bits per heavy atom. The van der Waals surface area contributed by atoms with E-state index in [0.29, 0.717) is 10.8 Å². The van der Waals surface area contributed by atoms with Gasteiger partial charge in [0.1, 0.15) is 0 Å². The maximum Gasteiger partial charge on any atom is -0.0145 e. The van der Waals surface area contributed by atoms with Crippen LogP contribution in [0.4, 0.5) is 0 Å². The summed E-state index contributed by atoms with van der Waals surface area (Å²) in [5.41, 5.74) is 2.78. The molecule has 0 saturated heterocycles. The molecule has 10 unspecified atom stereocenters. The van der Waals surface area contributed by atoms with Crippen LogP contribution in [0.2, 0.25) is 0 Å². The van der Waals surface area contributed by atoms with Crippen molar-refractivity contribution in [2.24, 2.45) is 63.1 Å². The Morgan fingerprint density at radius 3 is 2.05 bits per heavy atom. The van der Waals surface area contributed by atoms with Crippen LogP contribution in [0.1, 0.15) is 61.3 Å². The largest absolute Gasteiger partial charge is 0.0617 e. The van der Waals surface area contributed by atoms with Crippen LogP contribution < -0.4 is 0 Å². The van der Waals surface area contributed by atoms with Crippen molar-refractivity contribution in [2.75, 3.05) is 0 Å². The van der Waals surface area contributed by atoms with E-state index >= 15 is 0 Å². The highest BCUT2D eigenvalue weighted by Gasteiger charge is 2.93. The van der Waals surface area contributed by atoms with Crippen molar-refractivity contribution in [3.05, 3.63) is 0 Å². The Bertz CT molecular complexity index is 518. The van der Waals surface area contributed by atoms with Crippen molar-refractivity contribution in [2.45, 2.75) is 61.3 Å². The first-order valence-corrected chi connectivity index (χ1v) is 9.21. The summed E-state index contributed by atoms with van der Waals surface area (Å²) in [4.78, 5) is 0. The topological polar surface area (TPSA) is 0 Å². The molecular formula is C20H32. The zero-order valence-electron chi connectivity index (χ0n) is 14.5. The standard InChI is InChI=1S/C20H32/c1-10-11(2)20-12(3)15-8-18(9-19(10,15)20)14(5)16(20)13(4)17(18,6)7/h10-16H,8-9H2,1-7H3. The zero-order chi connectivity index (χ0) is 14.5. The molecule has 112 valence electrons. The summed E-state index contributed by atoms with van der Waals surface area (Å²) in [6.07, 6.45) is 3.16. The molecule has 0 radical (unpaired) electrons.